The van der Waals surface area contributed by atoms with E-state index in [9.17, 15) is 4.79 Å². The van der Waals surface area contributed by atoms with Gasteiger partial charge in [0.2, 0.25) is 5.91 Å². The first kappa shape index (κ1) is 11.0. The Bertz CT molecular complexity index is 335. The molecule has 2 N–H and O–H groups in total. The van der Waals surface area contributed by atoms with Gasteiger partial charge in [-0.3, -0.25) is 9.69 Å². The predicted octanol–water partition coefficient (Wildman–Crippen LogP) is -0.0747. The minimum atomic E-state index is 0.000556. The Hall–Kier alpha value is -1.46. The second kappa shape index (κ2) is 5.58. The van der Waals surface area contributed by atoms with Crippen molar-refractivity contribution in [2.75, 3.05) is 38.0 Å². The van der Waals surface area contributed by atoms with Crippen LogP contribution >= 0.6 is 0 Å². The molecule has 0 atom stereocenters. The molecule has 0 unspecified atom stereocenters. The van der Waals surface area contributed by atoms with Gasteiger partial charge in [0, 0.05) is 32.4 Å². The summed E-state index contributed by atoms with van der Waals surface area (Å²) in [6.45, 7) is 4.21. The fourth-order valence-corrected chi connectivity index (χ4v) is 1.69. The summed E-state index contributed by atoms with van der Waals surface area (Å²) in [5.74, 6) is 0.614. The van der Waals surface area contributed by atoms with E-state index in [0.29, 0.717) is 12.4 Å². The van der Waals surface area contributed by atoms with Gasteiger partial charge in [-0.05, 0) is 12.1 Å². The molecule has 0 aromatic carbocycles. The molecule has 1 fully saturated rings. The lowest BCUT2D eigenvalue weighted by molar-refractivity contribution is -0.117. The lowest BCUT2D eigenvalue weighted by Crippen LogP contribution is -2.46. The SMILES string of the molecule is O=C(CN1CCNCC1)Nc1ccccn1. The summed E-state index contributed by atoms with van der Waals surface area (Å²) in [6.07, 6.45) is 1.67. The standard InChI is InChI=1S/C11H16N4O/c16-11(9-15-7-5-12-6-8-15)14-10-3-1-2-4-13-10/h1-4,12H,5-9H2,(H,13,14,16). The van der Waals surface area contributed by atoms with Crippen molar-refractivity contribution in [1.82, 2.24) is 15.2 Å². The van der Waals surface area contributed by atoms with Crippen molar-refractivity contribution in [3.8, 4) is 0 Å². The molecule has 0 radical (unpaired) electrons. The van der Waals surface area contributed by atoms with Crippen LogP contribution in [0.5, 0.6) is 0 Å². The second-order valence-corrected chi connectivity index (χ2v) is 3.79. The van der Waals surface area contributed by atoms with E-state index in [0.717, 1.165) is 26.2 Å². The highest BCUT2D eigenvalue weighted by molar-refractivity contribution is 5.91. The van der Waals surface area contributed by atoms with E-state index >= 15 is 0 Å². The molecule has 2 heterocycles. The van der Waals surface area contributed by atoms with Gasteiger partial charge in [-0.1, -0.05) is 6.07 Å². The Kier molecular flexibility index (Phi) is 3.85. The maximum atomic E-state index is 11.7. The van der Waals surface area contributed by atoms with Gasteiger partial charge in [0.15, 0.2) is 0 Å². The van der Waals surface area contributed by atoms with Crippen molar-refractivity contribution in [3.05, 3.63) is 24.4 Å². The first-order chi connectivity index (χ1) is 7.84. The smallest absolute Gasteiger partial charge is 0.239 e. The van der Waals surface area contributed by atoms with Gasteiger partial charge in [0.25, 0.3) is 0 Å². The predicted molar refractivity (Wildman–Crippen MR) is 62.2 cm³/mol. The maximum Gasteiger partial charge on any atom is 0.239 e. The van der Waals surface area contributed by atoms with Gasteiger partial charge in [-0.25, -0.2) is 4.98 Å². The molecule has 16 heavy (non-hydrogen) atoms. The average Bonchev–Trinajstić information content (AvgIpc) is 2.31. The van der Waals surface area contributed by atoms with Crippen LogP contribution in [0.3, 0.4) is 0 Å². The zero-order chi connectivity index (χ0) is 11.2. The van der Waals surface area contributed by atoms with Crippen molar-refractivity contribution >= 4 is 11.7 Å². The van der Waals surface area contributed by atoms with Gasteiger partial charge in [0.1, 0.15) is 5.82 Å². The lowest BCUT2D eigenvalue weighted by atomic mass is 10.3. The number of pyridine rings is 1. The van der Waals surface area contributed by atoms with Crippen LogP contribution in [0.4, 0.5) is 5.82 Å². The van der Waals surface area contributed by atoms with Gasteiger partial charge < -0.3 is 10.6 Å². The molecule has 0 aliphatic carbocycles. The highest BCUT2D eigenvalue weighted by Gasteiger charge is 2.13. The van der Waals surface area contributed by atoms with Crippen molar-refractivity contribution in [1.29, 1.82) is 0 Å². The molecule has 2 rings (SSSR count). The molecule has 0 saturated carbocycles. The summed E-state index contributed by atoms with van der Waals surface area (Å²) in [5.41, 5.74) is 0. The number of nitrogens with zero attached hydrogens (tertiary/aromatic N) is 2. The fourth-order valence-electron chi connectivity index (χ4n) is 1.69. The van der Waals surface area contributed by atoms with Crippen LogP contribution in [-0.2, 0) is 4.79 Å². The molecule has 5 heteroatoms. The monoisotopic (exact) mass is 220 g/mol. The second-order valence-electron chi connectivity index (χ2n) is 3.79. The minimum absolute atomic E-state index is 0.000556. The number of carbonyl (C=O) groups is 1. The largest absolute Gasteiger partial charge is 0.314 e. The first-order valence-corrected chi connectivity index (χ1v) is 5.48. The first-order valence-electron chi connectivity index (χ1n) is 5.48. The number of rotatable bonds is 3. The fraction of sp³-hybridized carbons (Fsp3) is 0.455. The van der Waals surface area contributed by atoms with E-state index in [-0.39, 0.29) is 5.91 Å². The van der Waals surface area contributed by atoms with Gasteiger partial charge >= 0.3 is 0 Å². The average molecular weight is 220 g/mol. The summed E-state index contributed by atoms with van der Waals surface area (Å²) >= 11 is 0. The molecule has 1 aromatic heterocycles. The summed E-state index contributed by atoms with van der Waals surface area (Å²) in [6, 6.07) is 5.47. The molecule has 86 valence electrons. The van der Waals surface area contributed by atoms with Crippen molar-refractivity contribution < 1.29 is 4.79 Å². The van der Waals surface area contributed by atoms with E-state index in [2.05, 4.69) is 20.5 Å². The van der Waals surface area contributed by atoms with Crippen LogP contribution < -0.4 is 10.6 Å². The van der Waals surface area contributed by atoms with E-state index < -0.39 is 0 Å². The van der Waals surface area contributed by atoms with Gasteiger partial charge in [-0.15, -0.1) is 0 Å². The van der Waals surface area contributed by atoms with Gasteiger partial charge in [0.05, 0.1) is 6.54 Å². The summed E-state index contributed by atoms with van der Waals surface area (Å²) in [5, 5.41) is 6.03. The Morgan fingerprint density at radius 1 is 1.44 bits per heavy atom. The number of amides is 1. The molecule has 1 aliphatic heterocycles. The normalized spacial score (nSPS) is 17.0. The molecular formula is C11H16N4O. The number of hydrogen-bond acceptors (Lipinski definition) is 4. The summed E-state index contributed by atoms with van der Waals surface area (Å²) in [7, 11) is 0. The minimum Gasteiger partial charge on any atom is -0.314 e. The summed E-state index contributed by atoms with van der Waals surface area (Å²) in [4.78, 5) is 17.9. The van der Waals surface area contributed by atoms with Crippen molar-refractivity contribution in [2.24, 2.45) is 0 Å². The topological polar surface area (TPSA) is 57.3 Å². The third-order valence-corrected chi connectivity index (χ3v) is 2.51. The zero-order valence-electron chi connectivity index (χ0n) is 9.15. The highest BCUT2D eigenvalue weighted by Crippen LogP contribution is 2.00. The molecular weight excluding hydrogens is 204 g/mol. The molecule has 1 aliphatic rings. The number of hydrogen-bond donors (Lipinski definition) is 2. The van der Waals surface area contributed by atoms with Crippen LogP contribution in [0.25, 0.3) is 0 Å². The quantitative estimate of drug-likeness (QED) is 0.748. The van der Waals surface area contributed by atoms with Gasteiger partial charge in [-0.2, -0.15) is 0 Å². The van der Waals surface area contributed by atoms with Crippen LogP contribution in [0.15, 0.2) is 24.4 Å². The molecule has 1 aromatic rings. The van der Waals surface area contributed by atoms with Crippen LogP contribution in [0.2, 0.25) is 0 Å². The van der Waals surface area contributed by atoms with E-state index in [4.69, 9.17) is 0 Å². The Labute approximate surface area is 94.9 Å². The molecule has 1 amide bonds. The molecule has 5 nitrogen and oxygen atoms in total. The third kappa shape index (κ3) is 3.29. The van der Waals surface area contributed by atoms with Crippen molar-refractivity contribution in [2.45, 2.75) is 0 Å². The molecule has 0 bridgehead atoms. The summed E-state index contributed by atoms with van der Waals surface area (Å²) < 4.78 is 0. The Morgan fingerprint density at radius 3 is 2.94 bits per heavy atom. The number of carbonyl (C=O) groups excluding carboxylic acids is 1. The Morgan fingerprint density at radius 2 is 2.25 bits per heavy atom. The molecule has 1 saturated heterocycles. The third-order valence-electron chi connectivity index (χ3n) is 2.51. The van der Waals surface area contributed by atoms with E-state index in [1.165, 1.54) is 0 Å². The van der Waals surface area contributed by atoms with Crippen molar-refractivity contribution in [3.63, 3.8) is 0 Å². The molecule has 0 spiro atoms. The lowest BCUT2D eigenvalue weighted by Gasteiger charge is -2.26. The maximum absolute atomic E-state index is 11.7. The van der Waals surface area contributed by atoms with Crippen LogP contribution in [0.1, 0.15) is 0 Å². The van der Waals surface area contributed by atoms with Crippen LogP contribution in [0, 0.1) is 0 Å². The highest BCUT2D eigenvalue weighted by atomic mass is 16.2. The number of anilines is 1. The number of nitrogens with one attached hydrogen (secondary N) is 2. The van der Waals surface area contributed by atoms with Crippen LogP contribution in [-0.4, -0.2) is 48.5 Å². The number of aromatic nitrogens is 1. The number of piperazine rings is 1. The zero-order valence-corrected chi connectivity index (χ0v) is 9.15. The Balaban J connectivity index is 1.80. The van der Waals surface area contributed by atoms with E-state index in [1.807, 2.05) is 12.1 Å². The van der Waals surface area contributed by atoms with E-state index in [1.54, 1.807) is 12.3 Å².